The maximum absolute atomic E-state index is 14.8. The molecule has 1 amide bonds. The molecule has 0 radical (unpaired) electrons. The van der Waals surface area contributed by atoms with Gasteiger partial charge in [-0.2, -0.15) is 0 Å². The Morgan fingerprint density at radius 3 is 2.30 bits per heavy atom. The van der Waals surface area contributed by atoms with Crippen molar-refractivity contribution in [1.29, 1.82) is 0 Å². The van der Waals surface area contributed by atoms with Crippen LogP contribution in [-0.4, -0.2) is 39.2 Å². The zero-order valence-corrected chi connectivity index (χ0v) is 18.1. The first kappa shape index (κ1) is 21.3. The van der Waals surface area contributed by atoms with Crippen molar-refractivity contribution in [2.75, 3.05) is 13.1 Å². The van der Waals surface area contributed by atoms with Gasteiger partial charge < -0.3 is 14.6 Å². The van der Waals surface area contributed by atoms with Gasteiger partial charge in [-0.3, -0.25) is 4.79 Å². The number of hydrogen-bond donors (Lipinski definition) is 1. The van der Waals surface area contributed by atoms with Gasteiger partial charge in [-0.1, -0.05) is 23.7 Å². The number of carbonyl (C=O) groups excluding carboxylic acids is 1. The molecule has 2 heterocycles. The van der Waals surface area contributed by atoms with E-state index in [0.717, 1.165) is 26.2 Å². The van der Waals surface area contributed by atoms with Gasteiger partial charge in [-0.25, -0.2) is 8.78 Å². The van der Waals surface area contributed by atoms with E-state index in [1.165, 1.54) is 4.57 Å². The van der Waals surface area contributed by atoms with Crippen molar-refractivity contribution in [2.24, 2.45) is 0 Å². The Hall–Kier alpha value is -1.92. The Morgan fingerprint density at radius 1 is 1.17 bits per heavy atom. The number of aromatic nitrogens is 1. The number of benzene rings is 1. The first-order valence-corrected chi connectivity index (χ1v) is 10.9. The number of alkyl halides is 2. The molecule has 4 nitrogen and oxygen atoms in total. The van der Waals surface area contributed by atoms with Crippen LogP contribution in [-0.2, 0) is 12.5 Å². The molecule has 1 aromatic heterocycles. The van der Waals surface area contributed by atoms with E-state index in [-0.39, 0.29) is 23.8 Å². The van der Waals surface area contributed by atoms with Gasteiger partial charge in [-0.05, 0) is 62.3 Å². The van der Waals surface area contributed by atoms with E-state index in [2.05, 4.69) is 0 Å². The fourth-order valence-corrected chi connectivity index (χ4v) is 4.63. The van der Waals surface area contributed by atoms with Gasteiger partial charge in [0.2, 0.25) is 0 Å². The van der Waals surface area contributed by atoms with Gasteiger partial charge >= 0.3 is 0 Å². The lowest BCUT2D eigenvalue weighted by Crippen LogP contribution is -2.38. The molecular weight excluding hydrogens is 410 g/mol. The highest BCUT2D eigenvalue weighted by atomic mass is 35.5. The largest absolute Gasteiger partial charge is 0.388 e. The van der Waals surface area contributed by atoms with Crippen LogP contribution in [0, 0.1) is 6.92 Å². The zero-order chi connectivity index (χ0) is 21.7. The van der Waals surface area contributed by atoms with Crippen molar-refractivity contribution in [3.63, 3.8) is 0 Å². The first-order chi connectivity index (χ1) is 14.1. The van der Waals surface area contributed by atoms with Gasteiger partial charge in [-0.15, -0.1) is 0 Å². The lowest BCUT2D eigenvalue weighted by molar-refractivity contribution is 0.00510. The van der Waals surface area contributed by atoms with Gasteiger partial charge in [0.25, 0.3) is 11.8 Å². The van der Waals surface area contributed by atoms with Crippen LogP contribution < -0.4 is 0 Å². The number of halogens is 3. The summed E-state index contributed by atoms with van der Waals surface area (Å²) in [7, 11) is 0. The monoisotopic (exact) mass is 436 g/mol. The van der Waals surface area contributed by atoms with E-state index in [1.807, 2.05) is 0 Å². The van der Waals surface area contributed by atoms with E-state index >= 15 is 0 Å². The Morgan fingerprint density at radius 2 is 1.77 bits per heavy atom. The standard InChI is InChI=1S/C23H27ClF2N2O2/c1-15-18(16-6-8-17(24)9-7-16)19(21(29)27-12-4-3-5-13-27)28(14-23(30)10-11-23)20(15)22(2,25)26/h6-9,30H,3-5,10-14H2,1-2H3. The van der Waals surface area contributed by atoms with Crippen LogP contribution in [0.2, 0.25) is 5.02 Å². The number of nitrogens with zero attached hydrogens (tertiary/aromatic N) is 2. The third-order valence-corrected chi connectivity index (χ3v) is 6.43. The Bertz CT molecular complexity index is 953. The SMILES string of the molecule is Cc1c(-c2ccc(Cl)cc2)c(C(=O)N2CCCCC2)n(CC2(O)CC2)c1C(C)(F)F. The number of carbonyl (C=O) groups is 1. The Balaban J connectivity index is 1.95. The number of amides is 1. The number of hydrogen-bond acceptors (Lipinski definition) is 2. The molecule has 1 aromatic carbocycles. The second-order valence-electron chi connectivity index (χ2n) is 8.76. The number of aliphatic hydroxyl groups is 1. The molecule has 0 unspecified atom stereocenters. The normalized spacial score (nSPS) is 18.5. The summed E-state index contributed by atoms with van der Waals surface area (Å²) in [5, 5.41) is 11.1. The molecule has 0 bridgehead atoms. The molecule has 0 spiro atoms. The molecule has 30 heavy (non-hydrogen) atoms. The fourth-order valence-electron chi connectivity index (χ4n) is 4.51. The number of likely N-dealkylation sites (tertiary alicyclic amines) is 1. The van der Waals surface area contributed by atoms with Crippen molar-refractivity contribution in [1.82, 2.24) is 9.47 Å². The molecular formula is C23H27ClF2N2O2. The smallest absolute Gasteiger partial charge is 0.285 e. The quantitative estimate of drug-likeness (QED) is 0.684. The highest BCUT2D eigenvalue weighted by Crippen LogP contribution is 2.44. The van der Waals surface area contributed by atoms with Crippen molar-refractivity contribution in [3.8, 4) is 11.1 Å². The van der Waals surface area contributed by atoms with E-state index in [9.17, 15) is 18.7 Å². The minimum absolute atomic E-state index is 0.00485. The van der Waals surface area contributed by atoms with E-state index in [1.54, 1.807) is 36.1 Å². The highest BCUT2D eigenvalue weighted by molar-refractivity contribution is 6.30. The highest BCUT2D eigenvalue weighted by Gasteiger charge is 2.45. The molecule has 1 aliphatic carbocycles. The zero-order valence-electron chi connectivity index (χ0n) is 17.4. The summed E-state index contributed by atoms with van der Waals surface area (Å²) in [5.74, 6) is -3.40. The summed E-state index contributed by atoms with van der Waals surface area (Å²) in [6.07, 6.45) is 3.97. The Labute approximate surface area is 180 Å². The molecule has 1 saturated carbocycles. The third-order valence-electron chi connectivity index (χ3n) is 6.18. The van der Waals surface area contributed by atoms with Crippen molar-refractivity contribution in [3.05, 3.63) is 46.2 Å². The Kier molecular flexibility index (Phi) is 5.43. The van der Waals surface area contributed by atoms with Gasteiger partial charge in [0.05, 0.1) is 17.8 Å². The fraction of sp³-hybridized carbons (Fsp3) is 0.522. The van der Waals surface area contributed by atoms with E-state index in [4.69, 9.17) is 11.6 Å². The minimum Gasteiger partial charge on any atom is -0.388 e. The number of rotatable bonds is 5. The lowest BCUT2D eigenvalue weighted by atomic mass is 9.99. The second-order valence-corrected chi connectivity index (χ2v) is 9.19. The van der Waals surface area contributed by atoms with Crippen LogP contribution in [0.25, 0.3) is 11.1 Å². The summed E-state index contributed by atoms with van der Waals surface area (Å²) in [6.45, 7) is 3.71. The summed E-state index contributed by atoms with van der Waals surface area (Å²) >= 11 is 6.03. The van der Waals surface area contributed by atoms with E-state index < -0.39 is 11.5 Å². The predicted molar refractivity (Wildman–Crippen MR) is 113 cm³/mol. The second kappa shape index (κ2) is 7.65. The molecule has 1 aliphatic heterocycles. The van der Waals surface area contributed by atoms with Crippen LogP contribution >= 0.6 is 11.6 Å². The summed E-state index contributed by atoms with van der Waals surface area (Å²) in [4.78, 5) is 15.4. The molecule has 1 saturated heterocycles. The van der Waals surface area contributed by atoms with Crippen LogP contribution in [0.4, 0.5) is 8.78 Å². The summed E-state index contributed by atoms with van der Waals surface area (Å²) in [6, 6.07) is 6.90. The summed E-state index contributed by atoms with van der Waals surface area (Å²) < 4.78 is 31.0. The van der Waals surface area contributed by atoms with Crippen molar-refractivity contribution < 1.29 is 18.7 Å². The van der Waals surface area contributed by atoms with Gasteiger partial charge in [0.15, 0.2) is 0 Å². The van der Waals surface area contributed by atoms with Crippen LogP contribution in [0.3, 0.4) is 0 Å². The molecule has 0 atom stereocenters. The molecule has 1 N–H and O–H groups in total. The maximum atomic E-state index is 14.8. The topological polar surface area (TPSA) is 45.5 Å². The molecule has 4 rings (SSSR count). The molecule has 7 heteroatoms. The average Bonchev–Trinajstić information content (AvgIpc) is 3.34. The van der Waals surface area contributed by atoms with Gasteiger partial charge in [0.1, 0.15) is 5.69 Å². The maximum Gasteiger partial charge on any atom is 0.285 e. The predicted octanol–water partition coefficient (Wildman–Crippen LogP) is 5.38. The van der Waals surface area contributed by atoms with E-state index in [0.29, 0.717) is 47.6 Å². The van der Waals surface area contributed by atoms with Crippen LogP contribution in [0.5, 0.6) is 0 Å². The molecule has 2 aliphatic rings. The first-order valence-electron chi connectivity index (χ1n) is 10.5. The minimum atomic E-state index is -3.16. The molecule has 2 fully saturated rings. The third kappa shape index (κ3) is 4.00. The lowest BCUT2D eigenvalue weighted by Gasteiger charge is -2.28. The van der Waals surface area contributed by atoms with Crippen molar-refractivity contribution in [2.45, 2.75) is 64.0 Å². The van der Waals surface area contributed by atoms with Crippen molar-refractivity contribution >= 4 is 17.5 Å². The average molecular weight is 437 g/mol. The molecule has 2 aromatic rings. The van der Waals surface area contributed by atoms with Crippen LogP contribution in [0.1, 0.15) is 60.8 Å². The molecule has 162 valence electrons. The number of piperidine rings is 1. The van der Waals surface area contributed by atoms with Gasteiger partial charge in [0, 0.05) is 30.6 Å². The van der Waals surface area contributed by atoms with Crippen LogP contribution in [0.15, 0.2) is 24.3 Å². The summed E-state index contributed by atoms with van der Waals surface area (Å²) in [5.41, 5.74) is 0.558.